The van der Waals surface area contributed by atoms with Crippen molar-refractivity contribution in [1.82, 2.24) is 4.98 Å². The molecular formula is C14H17N3O3. The number of amides is 1. The van der Waals surface area contributed by atoms with E-state index in [4.69, 9.17) is 16.2 Å². The van der Waals surface area contributed by atoms with Crippen LogP contribution in [0.25, 0.3) is 10.9 Å². The molecule has 0 bridgehead atoms. The number of nitrogens with one attached hydrogen (secondary N) is 1. The lowest BCUT2D eigenvalue weighted by molar-refractivity contribution is -0.146. The number of hydrogen-bond donors (Lipinski definition) is 3. The molecular weight excluding hydrogens is 258 g/mol. The van der Waals surface area contributed by atoms with E-state index in [-0.39, 0.29) is 13.0 Å². The highest BCUT2D eigenvalue weighted by atomic mass is 16.5. The first kappa shape index (κ1) is 14.1. The van der Waals surface area contributed by atoms with Gasteiger partial charge in [0.25, 0.3) is 0 Å². The van der Waals surface area contributed by atoms with E-state index in [0.29, 0.717) is 6.42 Å². The molecule has 1 aromatic carbocycles. The van der Waals surface area contributed by atoms with Crippen LogP contribution < -0.4 is 11.5 Å². The SMILES string of the molecule is NC(=O)C[C@H](N)C(=O)OCCc1c[nH]c2ccccc12. The minimum Gasteiger partial charge on any atom is -0.464 e. The zero-order valence-electron chi connectivity index (χ0n) is 11.0. The largest absolute Gasteiger partial charge is 0.464 e. The van der Waals surface area contributed by atoms with Crippen LogP contribution in [-0.4, -0.2) is 29.5 Å². The lowest BCUT2D eigenvalue weighted by Gasteiger charge is -2.09. The molecule has 0 aliphatic carbocycles. The zero-order chi connectivity index (χ0) is 14.5. The number of carbonyl (C=O) groups is 2. The third kappa shape index (κ3) is 3.36. The molecule has 1 aromatic heterocycles. The highest BCUT2D eigenvalue weighted by molar-refractivity contribution is 5.84. The maximum atomic E-state index is 11.5. The number of H-pyrrole nitrogens is 1. The van der Waals surface area contributed by atoms with Crippen molar-refractivity contribution < 1.29 is 14.3 Å². The fourth-order valence-corrected chi connectivity index (χ4v) is 2.01. The van der Waals surface area contributed by atoms with Crippen molar-refractivity contribution in [3.8, 4) is 0 Å². The number of fused-ring (bicyclic) bond motifs is 1. The smallest absolute Gasteiger partial charge is 0.323 e. The number of benzene rings is 1. The quantitative estimate of drug-likeness (QED) is 0.665. The first-order chi connectivity index (χ1) is 9.58. The topological polar surface area (TPSA) is 111 Å². The summed E-state index contributed by atoms with van der Waals surface area (Å²) in [7, 11) is 0. The standard InChI is InChI=1S/C14H17N3O3/c15-11(7-13(16)18)14(19)20-6-5-9-8-17-12-4-2-1-3-10(9)12/h1-4,8,11,17H,5-7,15H2,(H2,16,18)/t11-/m0/s1. The van der Waals surface area contributed by atoms with Crippen LogP contribution in [0.5, 0.6) is 0 Å². The summed E-state index contributed by atoms with van der Waals surface area (Å²) in [5, 5.41) is 1.10. The summed E-state index contributed by atoms with van der Waals surface area (Å²) in [5.41, 5.74) is 12.6. The molecule has 6 heteroatoms. The van der Waals surface area contributed by atoms with Gasteiger partial charge in [-0.3, -0.25) is 9.59 Å². The number of aromatic nitrogens is 1. The number of hydrogen-bond acceptors (Lipinski definition) is 4. The summed E-state index contributed by atoms with van der Waals surface area (Å²) < 4.78 is 5.04. The molecule has 0 unspecified atom stereocenters. The maximum absolute atomic E-state index is 11.5. The van der Waals surface area contributed by atoms with Gasteiger partial charge in [0.2, 0.25) is 5.91 Å². The van der Waals surface area contributed by atoms with E-state index in [2.05, 4.69) is 4.98 Å². The average Bonchev–Trinajstić information content (AvgIpc) is 2.81. The van der Waals surface area contributed by atoms with Gasteiger partial charge in [-0.25, -0.2) is 0 Å². The van der Waals surface area contributed by atoms with Gasteiger partial charge in [0.1, 0.15) is 6.04 Å². The molecule has 106 valence electrons. The van der Waals surface area contributed by atoms with Crippen LogP contribution >= 0.6 is 0 Å². The fourth-order valence-electron chi connectivity index (χ4n) is 2.01. The molecule has 2 rings (SSSR count). The van der Waals surface area contributed by atoms with Crippen molar-refractivity contribution in [2.24, 2.45) is 11.5 Å². The summed E-state index contributed by atoms with van der Waals surface area (Å²) in [6.07, 6.45) is 2.27. The Balaban J connectivity index is 1.87. The Morgan fingerprint density at radius 1 is 1.30 bits per heavy atom. The van der Waals surface area contributed by atoms with Crippen molar-refractivity contribution >= 4 is 22.8 Å². The van der Waals surface area contributed by atoms with Crippen molar-refractivity contribution in [3.05, 3.63) is 36.0 Å². The van der Waals surface area contributed by atoms with Crippen molar-refractivity contribution in [2.75, 3.05) is 6.61 Å². The molecule has 0 saturated carbocycles. The third-order valence-corrected chi connectivity index (χ3v) is 3.01. The van der Waals surface area contributed by atoms with Gasteiger partial charge >= 0.3 is 5.97 Å². The highest BCUT2D eigenvalue weighted by Gasteiger charge is 2.17. The maximum Gasteiger partial charge on any atom is 0.323 e. The van der Waals surface area contributed by atoms with Crippen LogP contribution in [0, 0.1) is 0 Å². The molecule has 20 heavy (non-hydrogen) atoms. The van der Waals surface area contributed by atoms with Gasteiger partial charge in [0.05, 0.1) is 13.0 Å². The number of primary amides is 1. The van der Waals surface area contributed by atoms with Gasteiger partial charge < -0.3 is 21.2 Å². The van der Waals surface area contributed by atoms with Crippen molar-refractivity contribution in [3.63, 3.8) is 0 Å². The van der Waals surface area contributed by atoms with Gasteiger partial charge in [-0.1, -0.05) is 18.2 Å². The molecule has 1 amide bonds. The lowest BCUT2D eigenvalue weighted by atomic mass is 10.1. The second-order valence-corrected chi connectivity index (χ2v) is 4.55. The van der Waals surface area contributed by atoms with Gasteiger partial charge in [0, 0.05) is 23.5 Å². The summed E-state index contributed by atoms with van der Waals surface area (Å²) in [6, 6.07) is 6.89. The van der Waals surface area contributed by atoms with E-state index < -0.39 is 17.9 Å². The van der Waals surface area contributed by atoms with E-state index in [1.54, 1.807) is 0 Å². The number of esters is 1. The number of rotatable bonds is 6. The monoisotopic (exact) mass is 275 g/mol. The normalized spacial score (nSPS) is 12.2. The van der Waals surface area contributed by atoms with E-state index in [0.717, 1.165) is 16.5 Å². The Morgan fingerprint density at radius 3 is 2.80 bits per heavy atom. The molecule has 0 fully saturated rings. The van der Waals surface area contributed by atoms with Crippen LogP contribution in [0.1, 0.15) is 12.0 Å². The zero-order valence-corrected chi connectivity index (χ0v) is 11.0. The lowest BCUT2D eigenvalue weighted by Crippen LogP contribution is -2.36. The molecule has 1 heterocycles. The molecule has 0 saturated heterocycles. The minimum atomic E-state index is -0.990. The Kier molecular flexibility index (Phi) is 4.37. The van der Waals surface area contributed by atoms with Crippen molar-refractivity contribution in [1.29, 1.82) is 0 Å². The third-order valence-electron chi connectivity index (χ3n) is 3.01. The van der Waals surface area contributed by atoms with Crippen LogP contribution in [0.15, 0.2) is 30.5 Å². The Hall–Kier alpha value is -2.34. The first-order valence-corrected chi connectivity index (χ1v) is 6.33. The molecule has 0 radical (unpaired) electrons. The van der Waals surface area contributed by atoms with Gasteiger partial charge in [-0.15, -0.1) is 0 Å². The Morgan fingerprint density at radius 2 is 2.05 bits per heavy atom. The second kappa shape index (κ2) is 6.21. The minimum absolute atomic E-state index is 0.202. The number of para-hydroxylation sites is 1. The van der Waals surface area contributed by atoms with Crippen LogP contribution in [0.4, 0.5) is 0 Å². The van der Waals surface area contributed by atoms with Crippen molar-refractivity contribution in [2.45, 2.75) is 18.9 Å². The number of ether oxygens (including phenoxy) is 1. The highest BCUT2D eigenvalue weighted by Crippen LogP contribution is 2.17. The van der Waals surface area contributed by atoms with Crippen LogP contribution in [0.2, 0.25) is 0 Å². The van der Waals surface area contributed by atoms with E-state index in [1.807, 2.05) is 30.5 Å². The Labute approximate surface area is 116 Å². The Bertz CT molecular complexity index is 621. The second-order valence-electron chi connectivity index (χ2n) is 4.55. The number of nitrogens with two attached hydrogens (primary N) is 2. The molecule has 6 nitrogen and oxygen atoms in total. The van der Waals surface area contributed by atoms with E-state index >= 15 is 0 Å². The summed E-state index contributed by atoms with van der Waals surface area (Å²) in [5.74, 6) is -1.23. The predicted octanol–water partition coefficient (Wildman–Crippen LogP) is 0.456. The summed E-state index contributed by atoms with van der Waals surface area (Å²) >= 11 is 0. The fraction of sp³-hybridized carbons (Fsp3) is 0.286. The van der Waals surface area contributed by atoms with Gasteiger partial charge in [0.15, 0.2) is 0 Å². The molecule has 5 N–H and O–H groups in total. The number of aromatic amines is 1. The molecule has 1 atom stereocenters. The molecule has 2 aromatic rings. The molecule has 0 spiro atoms. The van der Waals surface area contributed by atoms with Crippen LogP contribution in [-0.2, 0) is 20.7 Å². The number of carbonyl (C=O) groups excluding carboxylic acids is 2. The van der Waals surface area contributed by atoms with Crippen LogP contribution in [0.3, 0.4) is 0 Å². The molecule has 0 aliphatic rings. The van der Waals surface area contributed by atoms with Gasteiger partial charge in [-0.2, -0.15) is 0 Å². The van der Waals surface area contributed by atoms with E-state index in [9.17, 15) is 9.59 Å². The average molecular weight is 275 g/mol. The van der Waals surface area contributed by atoms with E-state index in [1.165, 1.54) is 0 Å². The molecule has 0 aliphatic heterocycles. The first-order valence-electron chi connectivity index (χ1n) is 6.33. The predicted molar refractivity (Wildman–Crippen MR) is 74.7 cm³/mol. The summed E-state index contributed by atoms with van der Waals surface area (Å²) in [4.78, 5) is 25.3. The van der Waals surface area contributed by atoms with Gasteiger partial charge in [-0.05, 0) is 11.6 Å². The summed E-state index contributed by atoms with van der Waals surface area (Å²) in [6.45, 7) is 0.215.